The standard InChI is InChI=1S/C16H16BrN3S/c1-9-6-4-5-7-11(9)13-14(19-20(3)16(13)18)12-8-10(2)15(17)21-12/h4-8H,18H2,1-3H3. The molecule has 0 atom stereocenters. The lowest BCUT2D eigenvalue weighted by Gasteiger charge is -2.06. The van der Waals surface area contributed by atoms with Gasteiger partial charge in [0.1, 0.15) is 11.5 Å². The molecule has 0 fully saturated rings. The van der Waals surface area contributed by atoms with Gasteiger partial charge in [0.15, 0.2) is 0 Å². The molecule has 0 saturated heterocycles. The fourth-order valence-corrected chi connectivity index (χ4v) is 3.93. The molecule has 2 heterocycles. The van der Waals surface area contributed by atoms with Gasteiger partial charge in [0.2, 0.25) is 0 Å². The van der Waals surface area contributed by atoms with Gasteiger partial charge in [-0.3, -0.25) is 4.68 Å². The highest BCUT2D eigenvalue weighted by Gasteiger charge is 2.20. The summed E-state index contributed by atoms with van der Waals surface area (Å²) in [6.07, 6.45) is 0. The Morgan fingerprint density at radius 1 is 1.19 bits per heavy atom. The number of aryl methyl sites for hydroxylation is 3. The first-order valence-corrected chi connectivity index (χ1v) is 8.24. The first-order valence-electron chi connectivity index (χ1n) is 6.64. The summed E-state index contributed by atoms with van der Waals surface area (Å²) in [5.41, 5.74) is 11.8. The van der Waals surface area contributed by atoms with Crippen molar-refractivity contribution in [2.45, 2.75) is 13.8 Å². The van der Waals surface area contributed by atoms with E-state index >= 15 is 0 Å². The predicted octanol–water partition coefficient (Wildman–Crippen LogP) is 4.78. The number of nitrogens with two attached hydrogens (primary N) is 1. The molecule has 108 valence electrons. The van der Waals surface area contributed by atoms with Crippen molar-refractivity contribution in [3.8, 4) is 21.7 Å². The maximum absolute atomic E-state index is 6.28. The molecular weight excluding hydrogens is 346 g/mol. The van der Waals surface area contributed by atoms with Crippen molar-refractivity contribution in [1.29, 1.82) is 0 Å². The van der Waals surface area contributed by atoms with Crippen molar-refractivity contribution < 1.29 is 0 Å². The predicted molar refractivity (Wildman–Crippen MR) is 93.5 cm³/mol. The van der Waals surface area contributed by atoms with Crippen LogP contribution in [0.4, 0.5) is 5.82 Å². The lowest BCUT2D eigenvalue weighted by molar-refractivity contribution is 0.783. The Morgan fingerprint density at radius 3 is 2.52 bits per heavy atom. The smallest absolute Gasteiger partial charge is 0.129 e. The molecule has 3 aromatic rings. The van der Waals surface area contributed by atoms with Crippen LogP contribution in [0.2, 0.25) is 0 Å². The van der Waals surface area contributed by atoms with Gasteiger partial charge in [0.25, 0.3) is 0 Å². The normalized spacial score (nSPS) is 11.0. The van der Waals surface area contributed by atoms with E-state index in [9.17, 15) is 0 Å². The highest BCUT2D eigenvalue weighted by molar-refractivity contribution is 9.11. The van der Waals surface area contributed by atoms with Gasteiger partial charge in [-0.25, -0.2) is 0 Å². The lowest BCUT2D eigenvalue weighted by Crippen LogP contribution is -1.98. The number of thiophene rings is 1. The molecule has 0 aliphatic carbocycles. The second kappa shape index (κ2) is 5.31. The number of halogens is 1. The summed E-state index contributed by atoms with van der Waals surface area (Å²) in [5, 5.41) is 4.63. The maximum Gasteiger partial charge on any atom is 0.129 e. The summed E-state index contributed by atoms with van der Waals surface area (Å²) >= 11 is 5.28. The molecule has 0 bridgehead atoms. The average Bonchev–Trinajstić information content (AvgIpc) is 2.93. The molecule has 0 aliphatic rings. The second-order valence-electron chi connectivity index (χ2n) is 5.11. The molecule has 3 rings (SSSR count). The van der Waals surface area contributed by atoms with Crippen LogP contribution in [-0.2, 0) is 7.05 Å². The van der Waals surface area contributed by atoms with E-state index in [0.29, 0.717) is 5.82 Å². The minimum absolute atomic E-state index is 0.696. The minimum Gasteiger partial charge on any atom is -0.383 e. The van der Waals surface area contributed by atoms with Gasteiger partial charge >= 0.3 is 0 Å². The fraction of sp³-hybridized carbons (Fsp3) is 0.188. The van der Waals surface area contributed by atoms with Crippen LogP contribution >= 0.6 is 27.3 Å². The Hall–Kier alpha value is -1.59. The number of benzene rings is 1. The van der Waals surface area contributed by atoms with Gasteiger partial charge in [0.05, 0.1) is 14.2 Å². The maximum atomic E-state index is 6.28. The zero-order valence-electron chi connectivity index (χ0n) is 12.1. The summed E-state index contributed by atoms with van der Waals surface area (Å²) in [4.78, 5) is 1.13. The highest BCUT2D eigenvalue weighted by atomic mass is 79.9. The van der Waals surface area contributed by atoms with E-state index < -0.39 is 0 Å². The largest absolute Gasteiger partial charge is 0.383 e. The van der Waals surface area contributed by atoms with Gasteiger partial charge in [-0.1, -0.05) is 24.3 Å². The summed E-state index contributed by atoms with van der Waals surface area (Å²) < 4.78 is 2.89. The average molecular weight is 362 g/mol. The van der Waals surface area contributed by atoms with E-state index in [2.05, 4.69) is 53.1 Å². The third-order valence-corrected chi connectivity index (χ3v) is 5.74. The van der Waals surface area contributed by atoms with Crippen molar-refractivity contribution >= 4 is 33.1 Å². The SMILES string of the molecule is Cc1ccccc1-c1c(-c2cc(C)c(Br)s2)nn(C)c1N. The monoisotopic (exact) mass is 361 g/mol. The van der Waals surface area contributed by atoms with Crippen molar-refractivity contribution in [3.63, 3.8) is 0 Å². The van der Waals surface area contributed by atoms with E-state index in [4.69, 9.17) is 5.73 Å². The van der Waals surface area contributed by atoms with E-state index in [-0.39, 0.29) is 0 Å². The first kappa shape index (κ1) is 14.4. The van der Waals surface area contributed by atoms with E-state index in [1.165, 1.54) is 11.1 Å². The van der Waals surface area contributed by atoms with Gasteiger partial charge < -0.3 is 5.73 Å². The third kappa shape index (κ3) is 2.40. The van der Waals surface area contributed by atoms with Gasteiger partial charge in [-0.15, -0.1) is 11.3 Å². The molecule has 21 heavy (non-hydrogen) atoms. The summed E-state index contributed by atoms with van der Waals surface area (Å²) in [7, 11) is 1.89. The second-order valence-corrected chi connectivity index (χ2v) is 7.48. The van der Waals surface area contributed by atoms with E-state index in [1.807, 2.05) is 19.2 Å². The zero-order chi connectivity index (χ0) is 15.1. The van der Waals surface area contributed by atoms with Crippen LogP contribution < -0.4 is 5.73 Å². The Bertz CT molecular complexity index is 798. The number of nitrogen functional groups attached to an aromatic ring is 1. The Morgan fingerprint density at radius 2 is 1.90 bits per heavy atom. The molecule has 0 amide bonds. The number of aromatic nitrogens is 2. The number of hydrogen-bond donors (Lipinski definition) is 1. The Labute approximate surface area is 136 Å². The molecule has 0 radical (unpaired) electrons. The molecule has 3 nitrogen and oxygen atoms in total. The van der Waals surface area contributed by atoms with Crippen LogP contribution in [0.5, 0.6) is 0 Å². The van der Waals surface area contributed by atoms with Crippen molar-refractivity contribution in [2.75, 3.05) is 5.73 Å². The van der Waals surface area contributed by atoms with Crippen molar-refractivity contribution in [2.24, 2.45) is 7.05 Å². The molecule has 0 saturated carbocycles. The summed E-state index contributed by atoms with van der Waals surface area (Å²) in [6, 6.07) is 10.4. The molecule has 2 aromatic heterocycles. The van der Waals surface area contributed by atoms with Gasteiger partial charge in [-0.05, 0) is 52.5 Å². The molecule has 2 N–H and O–H groups in total. The number of rotatable bonds is 2. The molecular formula is C16H16BrN3S. The molecule has 0 aliphatic heterocycles. The van der Waals surface area contributed by atoms with Gasteiger partial charge in [-0.2, -0.15) is 5.10 Å². The molecule has 1 aromatic carbocycles. The highest BCUT2D eigenvalue weighted by Crippen LogP contribution is 2.42. The van der Waals surface area contributed by atoms with Crippen LogP contribution in [0.25, 0.3) is 21.7 Å². The zero-order valence-corrected chi connectivity index (χ0v) is 14.5. The Kier molecular flexibility index (Phi) is 3.63. The van der Waals surface area contributed by atoms with E-state index in [1.54, 1.807) is 16.0 Å². The van der Waals surface area contributed by atoms with Crippen molar-refractivity contribution in [1.82, 2.24) is 9.78 Å². The van der Waals surface area contributed by atoms with Crippen LogP contribution in [0.3, 0.4) is 0 Å². The topological polar surface area (TPSA) is 43.8 Å². The first-order chi connectivity index (χ1) is 9.99. The summed E-state index contributed by atoms with van der Waals surface area (Å²) in [6.45, 7) is 4.19. The lowest BCUT2D eigenvalue weighted by atomic mass is 9.99. The van der Waals surface area contributed by atoms with Crippen LogP contribution in [0.1, 0.15) is 11.1 Å². The molecule has 0 spiro atoms. The molecule has 5 heteroatoms. The number of anilines is 1. The minimum atomic E-state index is 0.696. The number of nitrogens with zero attached hydrogens (tertiary/aromatic N) is 2. The summed E-state index contributed by atoms with van der Waals surface area (Å²) in [5.74, 6) is 0.696. The third-order valence-electron chi connectivity index (χ3n) is 3.60. The van der Waals surface area contributed by atoms with Crippen LogP contribution in [-0.4, -0.2) is 9.78 Å². The fourth-order valence-electron chi connectivity index (χ4n) is 2.40. The molecule has 0 unspecified atom stereocenters. The van der Waals surface area contributed by atoms with Crippen molar-refractivity contribution in [3.05, 3.63) is 45.2 Å². The number of hydrogen-bond acceptors (Lipinski definition) is 3. The Balaban J connectivity index is 2.28. The quantitative estimate of drug-likeness (QED) is 0.713. The van der Waals surface area contributed by atoms with E-state index in [0.717, 1.165) is 25.5 Å². The van der Waals surface area contributed by atoms with Crippen LogP contribution in [0, 0.1) is 13.8 Å². The van der Waals surface area contributed by atoms with Gasteiger partial charge in [0, 0.05) is 7.05 Å². The van der Waals surface area contributed by atoms with Crippen LogP contribution in [0.15, 0.2) is 34.1 Å².